The first-order valence-corrected chi connectivity index (χ1v) is 24.7. The van der Waals surface area contributed by atoms with E-state index in [9.17, 15) is 42.7 Å². The number of nitriles is 1. The predicted octanol–water partition coefficient (Wildman–Crippen LogP) is 7.35. The van der Waals surface area contributed by atoms with Crippen molar-refractivity contribution in [2.24, 2.45) is 5.41 Å². The van der Waals surface area contributed by atoms with Crippen LogP contribution in [0.1, 0.15) is 63.4 Å². The predicted molar refractivity (Wildman–Crippen MR) is 271 cm³/mol. The lowest BCUT2D eigenvalue weighted by atomic mass is 9.85. The second-order valence-electron chi connectivity index (χ2n) is 19.1. The van der Waals surface area contributed by atoms with Gasteiger partial charge in [0.15, 0.2) is 10.9 Å². The lowest BCUT2D eigenvalue weighted by Gasteiger charge is -2.35. The summed E-state index contributed by atoms with van der Waals surface area (Å²) in [6.45, 7) is 10.8. The van der Waals surface area contributed by atoms with Gasteiger partial charge in [-0.3, -0.25) is 29.1 Å². The summed E-state index contributed by atoms with van der Waals surface area (Å²) in [4.78, 5) is 67.3. The maximum absolute atomic E-state index is 15.4. The molecule has 7 rings (SSSR count). The van der Waals surface area contributed by atoms with Gasteiger partial charge in [-0.2, -0.15) is 18.4 Å². The van der Waals surface area contributed by atoms with Crippen LogP contribution in [0, 0.1) is 29.5 Å². The summed E-state index contributed by atoms with van der Waals surface area (Å²) in [6, 6.07) is 19.2. The number of halogens is 4. The molecule has 2 saturated heterocycles. The second kappa shape index (κ2) is 22.7. The molecule has 2 fully saturated rings. The van der Waals surface area contributed by atoms with Crippen molar-refractivity contribution in [2.75, 3.05) is 49.4 Å². The lowest BCUT2D eigenvalue weighted by Crippen LogP contribution is -2.58. The van der Waals surface area contributed by atoms with Crippen LogP contribution in [0.3, 0.4) is 0 Å². The average molecular weight is 1060 g/mol. The van der Waals surface area contributed by atoms with Gasteiger partial charge in [-0.05, 0) is 98.1 Å². The number of aliphatic hydroxyl groups excluding tert-OH is 1. The summed E-state index contributed by atoms with van der Waals surface area (Å²) in [7, 11) is 0. The Morgan fingerprint density at radius 2 is 1.64 bits per heavy atom. The van der Waals surface area contributed by atoms with Gasteiger partial charge in [0, 0.05) is 25.1 Å². The van der Waals surface area contributed by atoms with Gasteiger partial charge in [-0.15, -0.1) is 11.3 Å². The Morgan fingerprint density at radius 3 is 2.26 bits per heavy atom. The van der Waals surface area contributed by atoms with Gasteiger partial charge < -0.3 is 39.8 Å². The van der Waals surface area contributed by atoms with Crippen LogP contribution in [0.4, 0.5) is 28.9 Å². The Kier molecular flexibility index (Phi) is 16.8. The number of pyridine rings is 1. The molecule has 0 aliphatic carbocycles. The number of β-amino-alcohol motifs (C(OH)–C–C–N with tert-alkyl or cyclic N) is 1. The molecule has 4 amide bonds. The summed E-state index contributed by atoms with van der Waals surface area (Å²) < 4.78 is 73.7. The molecule has 3 aromatic carbocycles. The SMILES string of the molecule is Cc1ncsc1-c1ccc(CNC(=O)[C@@H]2C[C@@H](O)CN2C(=O)[C@@H](NC(=O)COCCOCCOc2ccc(-c3ccc(N4C(=S)N(c5ccc(C#N)c(C(F)(F)F)c5F)C(=O)C4(C)C)cn3)cc2)C(C)(C)C)cc1. The van der Waals surface area contributed by atoms with E-state index in [4.69, 9.17) is 26.4 Å². The second-order valence-corrected chi connectivity index (χ2v) is 20.4. The number of aromatic nitrogens is 2. The number of anilines is 2. The molecule has 0 bridgehead atoms. The molecule has 390 valence electrons. The molecule has 3 atom stereocenters. The number of aryl methyl sites for hydroxylation is 1. The van der Waals surface area contributed by atoms with Crippen LogP contribution >= 0.6 is 23.6 Å². The van der Waals surface area contributed by atoms with Crippen LogP contribution in [0.25, 0.3) is 21.7 Å². The number of amides is 4. The van der Waals surface area contributed by atoms with E-state index in [0.29, 0.717) is 27.6 Å². The van der Waals surface area contributed by atoms with Crippen molar-refractivity contribution in [2.45, 2.75) is 84.4 Å². The highest BCUT2D eigenvalue weighted by molar-refractivity contribution is 7.81. The molecule has 0 saturated carbocycles. The van der Waals surface area contributed by atoms with E-state index in [0.717, 1.165) is 33.8 Å². The number of nitrogens with one attached hydrogen (secondary N) is 2. The molecule has 74 heavy (non-hydrogen) atoms. The molecule has 0 radical (unpaired) electrons. The minimum Gasteiger partial charge on any atom is -0.491 e. The number of hydrogen-bond acceptors (Lipinski definition) is 13. The van der Waals surface area contributed by atoms with Gasteiger partial charge in [0.2, 0.25) is 17.7 Å². The number of rotatable bonds is 18. The van der Waals surface area contributed by atoms with Crippen molar-refractivity contribution in [3.05, 3.63) is 113 Å². The highest BCUT2D eigenvalue weighted by Gasteiger charge is 2.52. The number of carbonyl (C=O) groups is 4. The minimum atomic E-state index is -5.20. The van der Waals surface area contributed by atoms with Gasteiger partial charge in [-0.1, -0.05) is 45.0 Å². The van der Waals surface area contributed by atoms with Crippen molar-refractivity contribution >= 4 is 63.7 Å². The normalized spacial score (nSPS) is 17.1. The molecule has 3 N–H and O–H groups in total. The van der Waals surface area contributed by atoms with Crippen molar-refractivity contribution in [3.63, 3.8) is 0 Å². The van der Waals surface area contributed by atoms with Crippen LogP contribution < -0.4 is 25.2 Å². The molecule has 2 aliphatic rings. The largest absolute Gasteiger partial charge is 0.491 e. The first-order valence-electron chi connectivity index (χ1n) is 23.4. The Morgan fingerprint density at radius 1 is 0.959 bits per heavy atom. The Balaban J connectivity index is 0.829. The highest BCUT2D eigenvalue weighted by atomic mass is 32.1. The topological polar surface area (TPSA) is 200 Å². The fourth-order valence-electron chi connectivity index (χ4n) is 8.55. The third-order valence-corrected chi connectivity index (χ3v) is 13.7. The van der Waals surface area contributed by atoms with Gasteiger partial charge in [0.25, 0.3) is 5.91 Å². The molecule has 16 nitrogen and oxygen atoms in total. The van der Waals surface area contributed by atoms with Gasteiger partial charge >= 0.3 is 6.18 Å². The molecule has 4 heterocycles. The number of benzene rings is 3. The molecule has 2 aliphatic heterocycles. The third kappa shape index (κ3) is 12.2. The molecule has 5 aromatic rings. The monoisotopic (exact) mass is 1060 g/mol. The Hall–Kier alpha value is -6.90. The van der Waals surface area contributed by atoms with Crippen molar-refractivity contribution < 1.29 is 56.1 Å². The standard InChI is InChI=1S/C52H54F4N8O8S2/c1-30-44(74-29-60-30)33-9-7-31(8-10-33)25-59-46(67)40-23-36(65)27-62(40)47(68)45(50(2,3)4)61-41(66)28-71-20-19-70-21-22-72-37-15-11-32(12-16-37)38-17-14-35(26-58-38)64-49(73)63(48(69)51(64,5)6)39-18-13-34(24-57)42(43(39)53)52(54,55)56/h7-18,26,29,36,40,45,65H,19-23,25,27-28H2,1-6H3,(H,59,67)(H,61,66)/t36-,40+,45-/m1/s1. The number of ether oxygens (including phenoxy) is 3. The quantitative estimate of drug-likeness (QED) is 0.0448. The van der Waals surface area contributed by atoms with E-state index in [-0.39, 0.29) is 57.7 Å². The molecule has 0 spiro atoms. The number of aliphatic hydroxyl groups is 1. The Labute approximate surface area is 434 Å². The number of hydrogen-bond donors (Lipinski definition) is 3. The number of thiazole rings is 1. The first-order chi connectivity index (χ1) is 35.0. The number of alkyl halides is 3. The molecule has 22 heteroatoms. The summed E-state index contributed by atoms with van der Waals surface area (Å²) in [6.07, 6.45) is -4.61. The molecular formula is C52H54F4N8O8S2. The maximum Gasteiger partial charge on any atom is 0.420 e. The van der Waals surface area contributed by atoms with Crippen LogP contribution in [0.15, 0.2) is 84.5 Å². The zero-order valence-corrected chi connectivity index (χ0v) is 42.9. The molecular weight excluding hydrogens is 1000 g/mol. The van der Waals surface area contributed by atoms with E-state index in [2.05, 4.69) is 20.6 Å². The number of likely N-dealkylation sites (tertiary alicyclic amines) is 1. The maximum atomic E-state index is 15.4. The summed E-state index contributed by atoms with van der Waals surface area (Å²) in [5, 5.41) is 25.1. The third-order valence-electron chi connectivity index (χ3n) is 12.4. The highest BCUT2D eigenvalue weighted by Crippen LogP contribution is 2.42. The molecule has 0 unspecified atom stereocenters. The number of carbonyl (C=O) groups excluding carboxylic acids is 4. The van der Waals surface area contributed by atoms with E-state index >= 15 is 4.39 Å². The Bertz CT molecular complexity index is 2920. The summed E-state index contributed by atoms with van der Waals surface area (Å²) in [5.74, 6) is -3.46. The van der Waals surface area contributed by atoms with Gasteiger partial charge in [0.05, 0.1) is 76.9 Å². The van der Waals surface area contributed by atoms with Crippen molar-refractivity contribution in [1.29, 1.82) is 5.26 Å². The van der Waals surface area contributed by atoms with Crippen molar-refractivity contribution in [1.82, 2.24) is 25.5 Å². The first kappa shape index (κ1) is 54.9. The van der Waals surface area contributed by atoms with Crippen LogP contribution in [-0.2, 0) is 41.4 Å². The zero-order chi connectivity index (χ0) is 53.7. The zero-order valence-electron chi connectivity index (χ0n) is 41.3. The van der Waals surface area contributed by atoms with E-state index < -0.39 is 81.6 Å². The lowest BCUT2D eigenvalue weighted by molar-refractivity contribution is -0.144. The fraction of sp³-hybridized carbons (Fsp3) is 0.385. The average Bonchev–Trinajstić information content (AvgIpc) is 4.02. The number of nitrogens with zero attached hydrogens (tertiary/aromatic N) is 6. The smallest absolute Gasteiger partial charge is 0.420 e. The van der Waals surface area contributed by atoms with Crippen LogP contribution in [0.2, 0.25) is 0 Å². The van der Waals surface area contributed by atoms with Gasteiger partial charge in [-0.25, -0.2) is 9.37 Å². The van der Waals surface area contributed by atoms with Crippen molar-refractivity contribution in [3.8, 4) is 33.5 Å². The van der Waals surface area contributed by atoms with E-state index in [1.807, 2.05) is 31.2 Å². The summed E-state index contributed by atoms with van der Waals surface area (Å²) in [5.41, 5.74) is 0.556. The molecule has 2 aromatic heterocycles. The van der Waals surface area contributed by atoms with Crippen LogP contribution in [-0.4, -0.2) is 112 Å². The van der Waals surface area contributed by atoms with E-state index in [1.54, 1.807) is 74.0 Å². The van der Waals surface area contributed by atoms with E-state index in [1.165, 1.54) is 35.9 Å². The number of thiocarbonyl (C=S) groups is 1. The fourth-order valence-corrected chi connectivity index (χ4v) is 9.87. The summed E-state index contributed by atoms with van der Waals surface area (Å²) >= 11 is 7.08. The van der Waals surface area contributed by atoms with Crippen LogP contribution in [0.5, 0.6) is 5.75 Å². The minimum absolute atomic E-state index is 0.0557. The van der Waals surface area contributed by atoms with Gasteiger partial charge in [0.1, 0.15) is 42.1 Å².